The van der Waals surface area contributed by atoms with E-state index in [0.717, 1.165) is 11.8 Å². The first-order chi connectivity index (χ1) is 10.4. The molecule has 120 valence electrons. The molecule has 2 heterocycles. The molecule has 2 aliphatic heterocycles. The molecule has 0 aromatic carbocycles. The molecule has 22 heavy (non-hydrogen) atoms. The first-order valence-corrected chi connectivity index (χ1v) is 7.97. The van der Waals surface area contributed by atoms with E-state index in [9.17, 15) is 14.4 Å². The van der Waals surface area contributed by atoms with Gasteiger partial charge in [0.1, 0.15) is 0 Å². The van der Waals surface area contributed by atoms with E-state index in [2.05, 4.69) is 6.58 Å². The van der Waals surface area contributed by atoms with Gasteiger partial charge in [-0.25, -0.2) is 9.59 Å². The second-order valence-corrected chi connectivity index (χ2v) is 6.16. The number of rotatable bonds is 5. The molecule has 2 rings (SSSR count). The first kappa shape index (κ1) is 16.6. The minimum Gasteiger partial charge on any atom is -0.463 e. The summed E-state index contributed by atoms with van der Waals surface area (Å²) in [5.74, 6) is -1.19. The number of hydrogen-bond donors (Lipinski definition) is 0. The standard InChI is InChI=1S/C15H19NO5S/c1-5-20-13(18)10-7-8-11(17)16-12(10)22-15(16,9(3)4)14(19)21-6-2/h3,5-8H2,1-2,4H3. The Morgan fingerprint density at radius 3 is 2.45 bits per heavy atom. The largest absolute Gasteiger partial charge is 0.463 e. The predicted molar refractivity (Wildman–Crippen MR) is 81.5 cm³/mol. The van der Waals surface area contributed by atoms with Crippen molar-refractivity contribution in [1.82, 2.24) is 4.90 Å². The van der Waals surface area contributed by atoms with E-state index >= 15 is 0 Å². The topological polar surface area (TPSA) is 72.9 Å². The number of nitrogens with zero attached hydrogens (tertiary/aromatic N) is 1. The van der Waals surface area contributed by atoms with Gasteiger partial charge in [0.25, 0.3) is 0 Å². The number of carbonyl (C=O) groups is 3. The normalized spacial score (nSPS) is 23.6. The lowest BCUT2D eigenvalue weighted by atomic mass is 10.0. The average molecular weight is 325 g/mol. The smallest absolute Gasteiger partial charge is 0.348 e. The zero-order chi connectivity index (χ0) is 16.5. The Kier molecular flexibility index (Phi) is 4.65. The Balaban J connectivity index is 2.42. The van der Waals surface area contributed by atoms with Gasteiger partial charge in [-0.2, -0.15) is 0 Å². The van der Waals surface area contributed by atoms with Crippen LogP contribution in [-0.2, 0) is 23.9 Å². The summed E-state index contributed by atoms with van der Waals surface area (Å²) in [5, 5.41) is 0.478. The van der Waals surface area contributed by atoms with Crippen molar-refractivity contribution in [1.29, 1.82) is 0 Å². The highest BCUT2D eigenvalue weighted by molar-refractivity contribution is 8.06. The lowest BCUT2D eigenvalue weighted by molar-refractivity contribution is -0.155. The fourth-order valence-corrected chi connectivity index (χ4v) is 3.88. The Hall–Kier alpha value is -1.76. The third-order valence-electron chi connectivity index (χ3n) is 3.51. The fraction of sp³-hybridized carbons (Fsp3) is 0.533. The molecule has 0 spiro atoms. The van der Waals surface area contributed by atoms with Gasteiger partial charge in [-0.05, 0) is 32.8 Å². The molecular formula is C15H19NO5S. The van der Waals surface area contributed by atoms with E-state index in [1.807, 2.05) is 0 Å². The van der Waals surface area contributed by atoms with Crippen molar-refractivity contribution >= 4 is 29.6 Å². The number of thioether (sulfide) groups is 1. The number of amides is 1. The van der Waals surface area contributed by atoms with Gasteiger partial charge in [0.05, 0.1) is 23.8 Å². The third-order valence-corrected chi connectivity index (χ3v) is 5.13. The van der Waals surface area contributed by atoms with Crippen molar-refractivity contribution in [2.24, 2.45) is 0 Å². The van der Waals surface area contributed by atoms with Gasteiger partial charge in [0, 0.05) is 6.42 Å². The van der Waals surface area contributed by atoms with E-state index in [-0.39, 0.29) is 25.5 Å². The fourth-order valence-electron chi connectivity index (χ4n) is 2.49. The summed E-state index contributed by atoms with van der Waals surface area (Å²) >= 11 is 1.14. The number of esters is 2. The maximum atomic E-state index is 12.4. The quantitative estimate of drug-likeness (QED) is 0.568. The molecule has 0 radical (unpaired) electrons. The van der Waals surface area contributed by atoms with Gasteiger partial charge in [-0.1, -0.05) is 18.3 Å². The maximum Gasteiger partial charge on any atom is 0.348 e. The Bertz CT molecular complexity index is 582. The summed E-state index contributed by atoms with van der Waals surface area (Å²) in [6.45, 7) is 9.40. The van der Waals surface area contributed by atoms with Crippen LogP contribution in [0.1, 0.15) is 33.6 Å². The lowest BCUT2D eigenvalue weighted by Crippen LogP contribution is -2.63. The van der Waals surface area contributed by atoms with Crippen LogP contribution in [0.4, 0.5) is 0 Å². The SMILES string of the molecule is C=C(C)C1(C(=O)OCC)SC2=C(C(=O)OCC)CCC(=O)N21. The Labute approximate surface area is 133 Å². The Morgan fingerprint density at radius 2 is 1.91 bits per heavy atom. The van der Waals surface area contributed by atoms with E-state index in [0.29, 0.717) is 22.6 Å². The monoisotopic (exact) mass is 325 g/mol. The van der Waals surface area contributed by atoms with Crippen LogP contribution in [-0.4, -0.2) is 40.8 Å². The summed E-state index contributed by atoms with van der Waals surface area (Å²) in [4.78, 5) is 36.7. The molecule has 1 atom stereocenters. The number of hydrogen-bond acceptors (Lipinski definition) is 6. The minimum atomic E-state index is -1.26. The van der Waals surface area contributed by atoms with E-state index in [4.69, 9.17) is 9.47 Å². The maximum absolute atomic E-state index is 12.4. The number of ether oxygens (including phenoxy) is 2. The van der Waals surface area contributed by atoms with Crippen LogP contribution >= 0.6 is 11.8 Å². The second kappa shape index (κ2) is 6.16. The predicted octanol–water partition coefficient (Wildman–Crippen LogP) is 1.97. The molecule has 1 saturated heterocycles. The zero-order valence-corrected chi connectivity index (χ0v) is 13.7. The highest BCUT2D eigenvalue weighted by Gasteiger charge is 2.62. The molecule has 0 bridgehead atoms. The van der Waals surface area contributed by atoms with Crippen molar-refractivity contribution in [3.05, 3.63) is 22.8 Å². The van der Waals surface area contributed by atoms with Crippen LogP contribution in [0.25, 0.3) is 0 Å². The number of fused-ring (bicyclic) bond motifs is 1. The van der Waals surface area contributed by atoms with E-state index in [1.165, 1.54) is 4.90 Å². The average Bonchev–Trinajstić information content (AvgIpc) is 2.40. The highest BCUT2D eigenvalue weighted by Crippen LogP contribution is 2.58. The van der Waals surface area contributed by atoms with Crippen LogP contribution < -0.4 is 0 Å². The molecule has 1 unspecified atom stereocenters. The van der Waals surface area contributed by atoms with Crippen molar-refractivity contribution in [2.75, 3.05) is 13.2 Å². The second-order valence-electron chi connectivity index (χ2n) is 4.98. The number of carbonyl (C=O) groups excluding carboxylic acids is 3. The molecule has 2 aliphatic rings. The van der Waals surface area contributed by atoms with Crippen molar-refractivity contribution < 1.29 is 23.9 Å². The molecular weight excluding hydrogens is 306 g/mol. The molecule has 1 amide bonds. The summed E-state index contributed by atoms with van der Waals surface area (Å²) in [6, 6.07) is 0. The lowest BCUT2D eigenvalue weighted by Gasteiger charge is -2.53. The van der Waals surface area contributed by atoms with Crippen LogP contribution in [0.3, 0.4) is 0 Å². The molecule has 0 saturated carbocycles. The summed E-state index contributed by atoms with van der Waals surface area (Å²) in [6.07, 6.45) is 0.484. The molecule has 0 aliphatic carbocycles. The van der Waals surface area contributed by atoms with Crippen molar-refractivity contribution in [3.8, 4) is 0 Å². The summed E-state index contributed by atoms with van der Waals surface area (Å²) < 4.78 is 10.1. The zero-order valence-electron chi connectivity index (χ0n) is 12.9. The van der Waals surface area contributed by atoms with Gasteiger partial charge >= 0.3 is 11.9 Å². The van der Waals surface area contributed by atoms with Gasteiger partial charge in [0.2, 0.25) is 10.8 Å². The first-order valence-electron chi connectivity index (χ1n) is 7.15. The van der Waals surface area contributed by atoms with E-state index in [1.54, 1.807) is 20.8 Å². The van der Waals surface area contributed by atoms with E-state index < -0.39 is 16.8 Å². The van der Waals surface area contributed by atoms with Crippen LogP contribution in [0, 0.1) is 0 Å². The molecule has 0 N–H and O–H groups in total. The minimum absolute atomic E-state index is 0.159. The van der Waals surface area contributed by atoms with Crippen LogP contribution in [0.5, 0.6) is 0 Å². The summed E-state index contributed by atoms with van der Waals surface area (Å²) in [5.41, 5.74) is 0.936. The van der Waals surface area contributed by atoms with Crippen molar-refractivity contribution in [2.45, 2.75) is 38.5 Å². The molecule has 1 fully saturated rings. The third kappa shape index (κ3) is 2.33. The molecule has 0 aromatic rings. The summed E-state index contributed by atoms with van der Waals surface area (Å²) in [7, 11) is 0. The van der Waals surface area contributed by atoms with Gasteiger partial charge in [-0.3, -0.25) is 9.69 Å². The van der Waals surface area contributed by atoms with Crippen molar-refractivity contribution in [3.63, 3.8) is 0 Å². The molecule has 7 heteroatoms. The van der Waals surface area contributed by atoms with Crippen LogP contribution in [0.2, 0.25) is 0 Å². The van der Waals surface area contributed by atoms with Gasteiger partial charge in [-0.15, -0.1) is 0 Å². The van der Waals surface area contributed by atoms with Gasteiger partial charge < -0.3 is 9.47 Å². The Morgan fingerprint density at radius 1 is 1.27 bits per heavy atom. The molecule has 6 nitrogen and oxygen atoms in total. The molecule has 0 aromatic heterocycles. The van der Waals surface area contributed by atoms with Crippen LogP contribution in [0.15, 0.2) is 22.8 Å². The highest BCUT2D eigenvalue weighted by atomic mass is 32.2. The van der Waals surface area contributed by atoms with Gasteiger partial charge in [0.15, 0.2) is 0 Å².